The number of benzene rings is 1. The highest BCUT2D eigenvalue weighted by Crippen LogP contribution is 2.25. The second-order valence-corrected chi connectivity index (χ2v) is 4.98. The second-order valence-electron chi connectivity index (χ2n) is 4.55. The molecule has 0 radical (unpaired) electrons. The van der Waals surface area contributed by atoms with Crippen LogP contribution in [0.1, 0.15) is 11.6 Å². The molecular formula is C15H13ClN2O. The Morgan fingerprint density at radius 1 is 1.05 bits per heavy atom. The van der Waals surface area contributed by atoms with Crippen molar-refractivity contribution >= 4 is 17.6 Å². The van der Waals surface area contributed by atoms with E-state index in [2.05, 4.69) is 22.8 Å². The molecule has 4 heteroatoms. The third-order valence-electron chi connectivity index (χ3n) is 3.23. The van der Waals surface area contributed by atoms with Crippen LogP contribution in [0.2, 0.25) is 5.02 Å². The monoisotopic (exact) mass is 272 g/mol. The summed E-state index contributed by atoms with van der Waals surface area (Å²) >= 11 is 5.88. The van der Waals surface area contributed by atoms with Gasteiger partial charge in [-0.25, -0.2) is 4.79 Å². The third kappa shape index (κ3) is 2.56. The van der Waals surface area contributed by atoms with E-state index in [1.807, 2.05) is 42.5 Å². The first-order chi connectivity index (χ1) is 9.22. The molecule has 0 bridgehead atoms. The molecule has 3 nitrogen and oxygen atoms in total. The van der Waals surface area contributed by atoms with E-state index < -0.39 is 0 Å². The highest BCUT2D eigenvalue weighted by atomic mass is 35.5. The van der Waals surface area contributed by atoms with Gasteiger partial charge in [-0.15, -0.1) is 0 Å². The van der Waals surface area contributed by atoms with E-state index in [0.29, 0.717) is 5.02 Å². The summed E-state index contributed by atoms with van der Waals surface area (Å²) in [5, 5.41) is 6.43. The van der Waals surface area contributed by atoms with Crippen LogP contribution in [0.15, 0.2) is 60.3 Å². The predicted octanol–water partition coefficient (Wildman–Crippen LogP) is 3.32. The standard InChI is InChI=1S/C15H13ClN2O/c16-12-7-5-11(6-8-12)14-9-13(17-15(19)18-14)10-3-1-2-4-10/h1-10,14H,(H2,17,18,19). The van der Waals surface area contributed by atoms with Gasteiger partial charge in [0.2, 0.25) is 0 Å². The maximum absolute atomic E-state index is 11.7. The van der Waals surface area contributed by atoms with Gasteiger partial charge < -0.3 is 10.6 Å². The molecule has 0 saturated carbocycles. The largest absolute Gasteiger partial charge is 0.327 e. The van der Waals surface area contributed by atoms with Crippen LogP contribution < -0.4 is 10.6 Å². The molecule has 2 N–H and O–H groups in total. The van der Waals surface area contributed by atoms with Crippen molar-refractivity contribution in [1.82, 2.24) is 10.6 Å². The highest BCUT2D eigenvalue weighted by molar-refractivity contribution is 6.30. The lowest BCUT2D eigenvalue weighted by molar-refractivity contribution is 0.238. The van der Waals surface area contributed by atoms with Gasteiger partial charge in [0, 0.05) is 16.6 Å². The summed E-state index contributed by atoms with van der Waals surface area (Å²) in [5.74, 6) is 0.154. The highest BCUT2D eigenvalue weighted by Gasteiger charge is 2.23. The molecule has 3 rings (SSSR count). The third-order valence-corrected chi connectivity index (χ3v) is 3.48. The zero-order chi connectivity index (χ0) is 13.2. The SMILES string of the molecule is O=C1NC(C2C=CC=C2)=CC(c2ccc(Cl)cc2)N1. The van der Waals surface area contributed by atoms with Gasteiger partial charge in [0.15, 0.2) is 0 Å². The van der Waals surface area contributed by atoms with Crippen molar-refractivity contribution < 1.29 is 4.79 Å². The average Bonchev–Trinajstić information content (AvgIpc) is 2.93. The molecule has 2 aliphatic rings. The number of hydrogen-bond acceptors (Lipinski definition) is 1. The normalized spacial score (nSPS) is 22.1. The van der Waals surface area contributed by atoms with Crippen molar-refractivity contribution in [2.45, 2.75) is 6.04 Å². The molecule has 0 fully saturated rings. The number of urea groups is 1. The smallest absolute Gasteiger partial charge is 0.319 e. The van der Waals surface area contributed by atoms with Crippen LogP contribution in [0.25, 0.3) is 0 Å². The van der Waals surface area contributed by atoms with Gasteiger partial charge in [0.05, 0.1) is 6.04 Å². The molecule has 1 aliphatic heterocycles. The molecule has 1 aromatic carbocycles. The minimum atomic E-state index is -0.175. The lowest BCUT2D eigenvalue weighted by Crippen LogP contribution is -2.42. The summed E-state index contributed by atoms with van der Waals surface area (Å²) in [7, 11) is 0. The number of nitrogens with one attached hydrogen (secondary N) is 2. The Morgan fingerprint density at radius 3 is 2.42 bits per heavy atom. The van der Waals surface area contributed by atoms with Gasteiger partial charge in [-0.3, -0.25) is 0 Å². The summed E-state index contributed by atoms with van der Waals surface area (Å²) < 4.78 is 0. The number of hydrogen-bond donors (Lipinski definition) is 2. The molecule has 96 valence electrons. The van der Waals surface area contributed by atoms with Gasteiger partial charge in [-0.1, -0.05) is 48.0 Å². The fraction of sp³-hybridized carbons (Fsp3) is 0.133. The quantitative estimate of drug-likeness (QED) is 0.852. The van der Waals surface area contributed by atoms with Crippen molar-refractivity contribution in [2.24, 2.45) is 5.92 Å². The summed E-state index contributed by atoms with van der Waals surface area (Å²) in [4.78, 5) is 11.7. The number of carbonyl (C=O) groups is 1. The van der Waals surface area contributed by atoms with Gasteiger partial charge in [0.25, 0.3) is 0 Å². The molecule has 1 heterocycles. The summed E-state index contributed by atoms with van der Waals surface area (Å²) in [6, 6.07) is 7.21. The van der Waals surface area contributed by atoms with Crippen LogP contribution in [0.3, 0.4) is 0 Å². The first-order valence-electron chi connectivity index (χ1n) is 6.12. The summed E-state index contributed by atoms with van der Waals surface area (Å²) in [6.45, 7) is 0. The Balaban J connectivity index is 1.90. The van der Waals surface area contributed by atoms with Crippen LogP contribution in [-0.4, -0.2) is 6.03 Å². The van der Waals surface area contributed by atoms with Crippen LogP contribution in [0, 0.1) is 5.92 Å². The van der Waals surface area contributed by atoms with E-state index in [1.54, 1.807) is 0 Å². The number of rotatable bonds is 2. The lowest BCUT2D eigenvalue weighted by atomic mass is 9.99. The van der Waals surface area contributed by atoms with Gasteiger partial charge in [-0.05, 0) is 23.8 Å². The zero-order valence-corrected chi connectivity index (χ0v) is 10.9. The fourth-order valence-corrected chi connectivity index (χ4v) is 2.38. The topological polar surface area (TPSA) is 41.1 Å². The number of allylic oxidation sites excluding steroid dienone is 3. The predicted molar refractivity (Wildman–Crippen MR) is 75.7 cm³/mol. The van der Waals surface area contributed by atoms with E-state index in [4.69, 9.17) is 11.6 Å². The van der Waals surface area contributed by atoms with Crippen LogP contribution in [0.4, 0.5) is 4.79 Å². The average molecular weight is 273 g/mol. The molecule has 0 spiro atoms. The van der Waals surface area contributed by atoms with Gasteiger partial charge in [0.1, 0.15) is 0 Å². The Hall–Kier alpha value is -2.00. The Bertz CT molecular complexity index is 575. The van der Waals surface area contributed by atoms with E-state index in [1.165, 1.54) is 0 Å². The van der Waals surface area contributed by atoms with E-state index in [-0.39, 0.29) is 18.0 Å². The summed E-state index contributed by atoms with van der Waals surface area (Å²) in [6.07, 6.45) is 10.1. The molecule has 0 aromatic heterocycles. The van der Waals surface area contributed by atoms with Gasteiger partial charge >= 0.3 is 6.03 Å². The maximum atomic E-state index is 11.7. The van der Waals surface area contributed by atoms with Crippen LogP contribution in [0.5, 0.6) is 0 Å². The van der Waals surface area contributed by atoms with E-state index in [0.717, 1.165) is 11.3 Å². The molecule has 1 aromatic rings. The number of carbonyl (C=O) groups excluding carboxylic acids is 1. The molecule has 2 amide bonds. The lowest BCUT2D eigenvalue weighted by Gasteiger charge is -2.26. The van der Waals surface area contributed by atoms with Crippen molar-refractivity contribution in [2.75, 3.05) is 0 Å². The minimum Gasteiger partial charge on any atom is -0.327 e. The van der Waals surface area contributed by atoms with Crippen molar-refractivity contribution in [3.8, 4) is 0 Å². The maximum Gasteiger partial charge on any atom is 0.319 e. The van der Waals surface area contributed by atoms with E-state index in [9.17, 15) is 4.79 Å². The molecular weight excluding hydrogens is 260 g/mol. The molecule has 1 unspecified atom stereocenters. The van der Waals surface area contributed by atoms with Crippen LogP contribution >= 0.6 is 11.6 Å². The van der Waals surface area contributed by atoms with Crippen LogP contribution in [-0.2, 0) is 0 Å². The molecule has 1 aliphatic carbocycles. The molecule has 19 heavy (non-hydrogen) atoms. The Kier molecular flexibility index (Phi) is 3.13. The Labute approximate surface area is 116 Å². The zero-order valence-electron chi connectivity index (χ0n) is 10.1. The first-order valence-corrected chi connectivity index (χ1v) is 6.50. The molecule has 1 atom stereocenters. The number of halogens is 1. The van der Waals surface area contributed by atoms with E-state index >= 15 is 0 Å². The fourth-order valence-electron chi connectivity index (χ4n) is 2.25. The molecule has 0 saturated heterocycles. The number of amides is 2. The van der Waals surface area contributed by atoms with Crippen molar-refractivity contribution in [3.63, 3.8) is 0 Å². The Morgan fingerprint density at radius 2 is 1.74 bits per heavy atom. The van der Waals surface area contributed by atoms with Gasteiger partial charge in [-0.2, -0.15) is 0 Å². The van der Waals surface area contributed by atoms with Crippen molar-refractivity contribution in [1.29, 1.82) is 0 Å². The van der Waals surface area contributed by atoms with Crippen molar-refractivity contribution in [3.05, 3.63) is 70.9 Å². The summed E-state index contributed by atoms with van der Waals surface area (Å²) in [5.41, 5.74) is 1.93. The minimum absolute atomic E-state index is 0.122. The second kappa shape index (κ2) is 4.94. The first kappa shape index (κ1) is 12.1.